The SMILES string of the molecule is CC(=O)OOC(C)(C)C(c1ccccc1)(c1ccccc1)c1ccccc1. The van der Waals surface area contributed by atoms with Crippen molar-refractivity contribution in [1.82, 2.24) is 0 Å². The van der Waals surface area contributed by atoms with Crippen molar-refractivity contribution in [1.29, 1.82) is 0 Å². The van der Waals surface area contributed by atoms with E-state index in [4.69, 9.17) is 9.78 Å². The molecule has 0 saturated carbocycles. The van der Waals surface area contributed by atoms with Gasteiger partial charge in [-0.25, -0.2) is 4.79 Å². The average molecular weight is 360 g/mol. The van der Waals surface area contributed by atoms with Gasteiger partial charge in [0.05, 0.1) is 5.41 Å². The number of hydrogen-bond donors (Lipinski definition) is 0. The van der Waals surface area contributed by atoms with Crippen molar-refractivity contribution in [3.05, 3.63) is 108 Å². The van der Waals surface area contributed by atoms with E-state index in [1.54, 1.807) is 0 Å². The minimum atomic E-state index is -0.886. The number of rotatable bonds is 6. The summed E-state index contributed by atoms with van der Waals surface area (Å²) in [6.07, 6.45) is 0. The number of carbonyl (C=O) groups excluding carboxylic acids is 1. The summed E-state index contributed by atoms with van der Waals surface area (Å²) in [7, 11) is 0. The van der Waals surface area contributed by atoms with Crippen LogP contribution in [0.1, 0.15) is 37.5 Å². The maximum absolute atomic E-state index is 11.5. The van der Waals surface area contributed by atoms with Crippen molar-refractivity contribution < 1.29 is 14.6 Å². The lowest BCUT2D eigenvalue weighted by atomic mass is 9.60. The molecule has 0 amide bonds. The summed E-state index contributed by atoms with van der Waals surface area (Å²) in [6.45, 7) is 5.23. The Kier molecular flexibility index (Phi) is 5.43. The van der Waals surface area contributed by atoms with Crippen LogP contribution in [0, 0.1) is 0 Å². The van der Waals surface area contributed by atoms with Crippen molar-refractivity contribution in [2.45, 2.75) is 31.8 Å². The maximum atomic E-state index is 11.5. The highest BCUT2D eigenvalue weighted by molar-refractivity contribution is 5.65. The second-order valence-corrected chi connectivity index (χ2v) is 7.02. The van der Waals surface area contributed by atoms with Gasteiger partial charge < -0.3 is 0 Å². The third-order valence-corrected chi connectivity index (χ3v) is 4.89. The van der Waals surface area contributed by atoms with Gasteiger partial charge in [0.1, 0.15) is 5.60 Å². The molecule has 0 N–H and O–H groups in total. The van der Waals surface area contributed by atoms with Gasteiger partial charge in [-0.15, -0.1) is 0 Å². The van der Waals surface area contributed by atoms with Crippen LogP contribution in [-0.2, 0) is 20.0 Å². The van der Waals surface area contributed by atoms with Crippen LogP contribution in [0.4, 0.5) is 0 Å². The summed E-state index contributed by atoms with van der Waals surface area (Å²) in [4.78, 5) is 22.3. The van der Waals surface area contributed by atoms with Crippen molar-refractivity contribution in [2.24, 2.45) is 0 Å². The zero-order valence-electron chi connectivity index (χ0n) is 15.9. The molecule has 0 aromatic heterocycles. The lowest BCUT2D eigenvalue weighted by Crippen LogP contribution is -2.51. The zero-order chi connectivity index (χ0) is 19.3. The predicted octanol–water partition coefficient (Wildman–Crippen LogP) is 5.29. The first-order valence-corrected chi connectivity index (χ1v) is 9.01. The van der Waals surface area contributed by atoms with Crippen LogP contribution in [-0.4, -0.2) is 11.6 Å². The normalized spacial score (nSPS) is 11.8. The van der Waals surface area contributed by atoms with Gasteiger partial charge in [-0.05, 0) is 30.5 Å². The summed E-state index contributed by atoms with van der Waals surface area (Å²) in [5.41, 5.74) is 1.59. The minimum absolute atomic E-state index is 0.480. The van der Waals surface area contributed by atoms with Gasteiger partial charge in [0, 0.05) is 6.92 Å². The largest absolute Gasteiger partial charge is 0.339 e. The van der Waals surface area contributed by atoms with E-state index in [2.05, 4.69) is 36.4 Å². The molecule has 138 valence electrons. The summed E-state index contributed by atoms with van der Waals surface area (Å²) in [5, 5.41) is 0. The molecular weight excluding hydrogens is 336 g/mol. The van der Waals surface area contributed by atoms with Crippen molar-refractivity contribution in [3.8, 4) is 0 Å². The molecule has 0 radical (unpaired) electrons. The molecule has 0 aliphatic rings. The molecule has 0 aliphatic heterocycles. The first-order chi connectivity index (χ1) is 13.0. The molecule has 0 fully saturated rings. The van der Waals surface area contributed by atoms with E-state index < -0.39 is 17.0 Å². The van der Waals surface area contributed by atoms with Crippen LogP contribution in [0.25, 0.3) is 0 Å². The van der Waals surface area contributed by atoms with Crippen LogP contribution < -0.4 is 0 Å². The Morgan fingerprint density at radius 3 is 1.30 bits per heavy atom. The molecule has 0 aliphatic carbocycles. The summed E-state index contributed by atoms with van der Waals surface area (Å²) < 4.78 is 0. The quantitative estimate of drug-likeness (QED) is 0.340. The third kappa shape index (κ3) is 3.51. The molecule has 0 atom stereocenters. The van der Waals surface area contributed by atoms with E-state index in [0.29, 0.717) is 0 Å². The highest BCUT2D eigenvalue weighted by Gasteiger charge is 2.51. The topological polar surface area (TPSA) is 35.5 Å². The molecule has 0 heterocycles. The van der Waals surface area contributed by atoms with Gasteiger partial charge in [0.25, 0.3) is 0 Å². The number of hydrogen-bond acceptors (Lipinski definition) is 3. The molecule has 3 heteroatoms. The second-order valence-electron chi connectivity index (χ2n) is 7.02. The third-order valence-electron chi connectivity index (χ3n) is 4.89. The van der Waals surface area contributed by atoms with Gasteiger partial charge in [-0.2, -0.15) is 4.89 Å². The monoisotopic (exact) mass is 360 g/mol. The molecule has 0 spiro atoms. The minimum Gasteiger partial charge on any atom is -0.298 e. The highest BCUT2D eigenvalue weighted by atomic mass is 17.2. The van der Waals surface area contributed by atoms with Crippen LogP contribution in [0.2, 0.25) is 0 Å². The van der Waals surface area contributed by atoms with E-state index in [1.807, 2.05) is 68.4 Å². The Morgan fingerprint density at radius 1 is 0.667 bits per heavy atom. The van der Waals surface area contributed by atoms with Crippen LogP contribution in [0.5, 0.6) is 0 Å². The second kappa shape index (κ2) is 7.77. The fourth-order valence-corrected chi connectivity index (χ4v) is 3.83. The van der Waals surface area contributed by atoms with Crippen LogP contribution >= 0.6 is 0 Å². The summed E-state index contributed by atoms with van der Waals surface area (Å²) in [5.74, 6) is -0.480. The molecule has 3 rings (SSSR count). The predicted molar refractivity (Wildman–Crippen MR) is 106 cm³/mol. The first-order valence-electron chi connectivity index (χ1n) is 9.01. The Labute approximate surface area is 160 Å². The Morgan fingerprint density at radius 2 is 1.00 bits per heavy atom. The van der Waals surface area contributed by atoms with Crippen LogP contribution in [0.3, 0.4) is 0 Å². The first kappa shape index (κ1) is 18.9. The molecule has 0 saturated heterocycles. The lowest BCUT2D eigenvalue weighted by Gasteiger charge is -2.46. The summed E-state index contributed by atoms with van der Waals surface area (Å²) in [6, 6.07) is 30.5. The standard InChI is InChI=1S/C24H24O3/c1-19(25)26-27-23(2,3)24(20-13-7-4-8-14-20,21-15-9-5-10-16-21)22-17-11-6-12-18-22/h4-18H,1-3H3. The van der Waals surface area contributed by atoms with Crippen molar-refractivity contribution >= 4 is 5.97 Å². The van der Waals surface area contributed by atoms with Crippen molar-refractivity contribution in [3.63, 3.8) is 0 Å². The van der Waals surface area contributed by atoms with Gasteiger partial charge in [-0.3, -0.25) is 4.89 Å². The molecular formula is C24H24O3. The van der Waals surface area contributed by atoms with Gasteiger partial charge in [0.15, 0.2) is 0 Å². The van der Waals surface area contributed by atoms with Gasteiger partial charge >= 0.3 is 5.97 Å². The highest BCUT2D eigenvalue weighted by Crippen LogP contribution is 2.49. The Balaban J connectivity index is 2.34. The average Bonchev–Trinajstić information content (AvgIpc) is 2.69. The maximum Gasteiger partial charge on any atom is 0.339 e. The molecule has 3 aromatic carbocycles. The Hall–Kier alpha value is -2.91. The van der Waals surface area contributed by atoms with E-state index in [9.17, 15) is 4.79 Å². The Bertz CT molecular complexity index is 775. The molecule has 3 nitrogen and oxygen atoms in total. The molecule has 0 unspecified atom stereocenters. The smallest absolute Gasteiger partial charge is 0.298 e. The van der Waals surface area contributed by atoms with E-state index >= 15 is 0 Å². The number of benzene rings is 3. The zero-order valence-corrected chi connectivity index (χ0v) is 15.9. The van der Waals surface area contributed by atoms with E-state index in [-0.39, 0.29) is 0 Å². The van der Waals surface area contributed by atoms with Gasteiger partial charge in [-0.1, -0.05) is 91.0 Å². The van der Waals surface area contributed by atoms with E-state index in [1.165, 1.54) is 6.92 Å². The fourth-order valence-electron chi connectivity index (χ4n) is 3.83. The van der Waals surface area contributed by atoms with Crippen LogP contribution in [0.15, 0.2) is 91.0 Å². The van der Waals surface area contributed by atoms with Gasteiger partial charge in [0.2, 0.25) is 0 Å². The molecule has 0 bridgehead atoms. The fraction of sp³-hybridized carbons (Fsp3) is 0.208. The number of carbonyl (C=O) groups is 1. The van der Waals surface area contributed by atoms with E-state index in [0.717, 1.165) is 16.7 Å². The lowest BCUT2D eigenvalue weighted by molar-refractivity contribution is -0.333. The molecule has 27 heavy (non-hydrogen) atoms. The summed E-state index contributed by atoms with van der Waals surface area (Å²) >= 11 is 0. The van der Waals surface area contributed by atoms with Crippen molar-refractivity contribution in [2.75, 3.05) is 0 Å². The molecule has 3 aromatic rings.